The Morgan fingerprint density at radius 2 is 1.90 bits per heavy atom. The van der Waals surface area contributed by atoms with E-state index in [4.69, 9.17) is 0 Å². The fourth-order valence-corrected chi connectivity index (χ4v) is 2.45. The molecule has 20 heavy (non-hydrogen) atoms. The van der Waals surface area contributed by atoms with E-state index in [0.717, 1.165) is 5.56 Å². The van der Waals surface area contributed by atoms with Gasteiger partial charge in [0.15, 0.2) is 0 Å². The normalized spacial score (nSPS) is 18.2. The van der Waals surface area contributed by atoms with Crippen LogP contribution >= 0.6 is 0 Å². The van der Waals surface area contributed by atoms with Crippen LogP contribution in [0.3, 0.4) is 0 Å². The van der Waals surface area contributed by atoms with Gasteiger partial charge in [-0.3, -0.25) is 4.90 Å². The average molecular weight is 290 g/mol. The summed E-state index contributed by atoms with van der Waals surface area (Å²) >= 11 is 0. The summed E-state index contributed by atoms with van der Waals surface area (Å²) in [5, 5.41) is 3.08. The molecule has 6 heteroatoms. The number of likely N-dealkylation sites (tertiary alicyclic amines) is 1. The van der Waals surface area contributed by atoms with Gasteiger partial charge in [-0.1, -0.05) is 6.07 Å². The Kier molecular flexibility index (Phi) is 4.52. The highest BCUT2D eigenvalue weighted by Gasteiger charge is 2.32. The van der Waals surface area contributed by atoms with Gasteiger partial charge < -0.3 is 5.32 Å². The lowest BCUT2D eigenvalue weighted by atomic mass is 10.0. The van der Waals surface area contributed by atoms with Crippen LogP contribution in [0.15, 0.2) is 18.2 Å². The lowest BCUT2D eigenvalue weighted by Gasteiger charge is -2.33. The third kappa shape index (κ3) is 4.37. The maximum absolute atomic E-state index is 13.7. The van der Waals surface area contributed by atoms with Crippen molar-refractivity contribution in [2.24, 2.45) is 0 Å². The largest absolute Gasteiger partial charge is 0.401 e. The van der Waals surface area contributed by atoms with Crippen LogP contribution in [0, 0.1) is 12.7 Å². The van der Waals surface area contributed by atoms with Gasteiger partial charge in [0, 0.05) is 19.1 Å². The molecule has 1 aliphatic rings. The summed E-state index contributed by atoms with van der Waals surface area (Å²) in [6.45, 7) is 1.70. The van der Waals surface area contributed by atoms with E-state index in [2.05, 4.69) is 5.32 Å². The second kappa shape index (κ2) is 5.99. The topological polar surface area (TPSA) is 15.3 Å². The minimum absolute atomic E-state index is 0.0247. The highest BCUT2D eigenvalue weighted by molar-refractivity contribution is 5.47. The van der Waals surface area contributed by atoms with Crippen molar-refractivity contribution < 1.29 is 17.6 Å². The number of nitrogens with one attached hydrogen (secondary N) is 1. The van der Waals surface area contributed by atoms with Gasteiger partial charge in [0.25, 0.3) is 0 Å². The van der Waals surface area contributed by atoms with Crippen molar-refractivity contribution in [2.75, 3.05) is 25.0 Å². The number of nitrogens with zero attached hydrogens (tertiary/aromatic N) is 1. The Hall–Kier alpha value is -1.30. The first-order valence-electron chi connectivity index (χ1n) is 6.65. The lowest BCUT2D eigenvalue weighted by molar-refractivity contribution is -0.147. The summed E-state index contributed by atoms with van der Waals surface area (Å²) in [7, 11) is 0. The molecular weight excluding hydrogens is 272 g/mol. The molecule has 1 N–H and O–H groups in total. The number of halogens is 4. The third-order valence-electron chi connectivity index (χ3n) is 3.47. The van der Waals surface area contributed by atoms with Gasteiger partial charge in [0.2, 0.25) is 0 Å². The molecule has 1 saturated heterocycles. The fourth-order valence-electron chi connectivity index (χ4n) is 2.45. The van der Waals surface area contributed by atoms with E-state index in [1.807, 2.05) is 13.0 Å². The van der Waals surface area contributed by atoms with Crippen molar-refractivity contribution in [1.82, 2.24) is 4.90 Å². The standard InChI is InChI=1S/C14H18F4N2/c1-10-2-3-13(12(15)8-10)19-11-4-6-20(7-5-11)9-14(16,17)18/h2-3,8,11,19H,4-7,9H2,1H3. The average Bonchev–Trinajstić information content (AvgIpc) is 2.33. The molecule has 0 radical (unpaired) electrons. The minimum Gasteiger partial charge on any atom is -0.380 e. The maximum atomic E-state index is 13.7. The lowest BCUT2D eigenvalue weighted by Crippen LogP contribution is -2.43. The first kappa shape index (κ1) is 15.1. The van der Waals surface area contributed by atoms with Crippen LogP contribution in [0.1, 0.15) is 18.4 Å². The molecule has 0 spiro atoms. The second-order valence-electron chi connectivity index (χ2n) is 5.29. The monoisotopic (exact) mass is 290 g/mol. The predicted octanol–water partition coefficient (Wildman–Crippen LogP) is 3.57. The molecule has 2 nitrogen and oxygen atoms in total. The van der Waals surface area contributed by atoms with E-state index < -0.39 is 12.7 Å². The first-order chi connectivity index (χ1) is 9.33. The molecule has 0 unspecified atom stereocenters. The van der Waals surface area contributed by atoms with Gasteiger partial charge in [-0.2, -0.15) is 13.2 Å². The van der Waals surface area contributed by atoms with Crippen LogP contribution < -0.4 is 5.32 Å². The second-order valence-corrected chi connectivity index (χ2v) is 5.29. The summed E-state index contributed by atoms with van der Waals surface area (Å²) in [4.78, 5) is 1.39. The number of hydrogen-bond acceptors (Lipinski definition) is 2. The molecular formula is C14H18F4N2. The summed E-state index contributed by atoms with van der Waals surface area (Å²) in [6.07, 6.45) is -2.98. The number of hydrogen-bond donors (Lipinski definition) is 1. The number of anilines is 1. The number of piperidine rings is 1. The van der Waals surface area contributed by atoms with E-state index in [1.165, 1.54) is 11.0 Å². The van der Waals surface area contributed by atoms with Crippen LogP contribution in [-0.2, 0) is 0 Å². The highest BCUT2D eigenvalue weighted by Crippen LogP contribution is 2.23. The van der Waals surface area contributed by atoms with Crippen molar-refractivity contribution in [3.05, 3.63) is 29.6 Å². The van der Waals surface area contributed by atoms with Gasteiger partial charge >= 0.3 is 6.18 Å². The van der Waals surface area contributed by atoms with Crippen molar-refractivity contribution in [1.29, 1.82) is 0 Å². The maximum Gasteiger partial charge on any atom is 0.401 e. The van der Waals surface area contributed by atoms with Crippen LogP contribution in [0.5, 0.6) is 0 Å². The Labute approximate surface area is 115 Å². The SMILES string of the molecule is Cc1ccc(NC2CCN(CC(F)(F)F)CC2)c(F)c1. The smallest absolute Gasteiger partial charge is 0.380 e. The number of rotatable bonds is 3. The van der Waals surface area contributed by atoms with Crippen LogP contribution in [0.4, 0.5) is 23.2 Å². The van der Waals surface area contributed by atoms with E-state index in [0.29, 0.717) is 31.6 Å². The van der Waals surface area contributed by atoms with E-state index in [1.54, 1.807) is 6.07 Å². The summed E-state index contributed by atoms with van der Waals surface area (Å²) < 4.78 is 50.5. The van der Waals surface area contributed by atoms with Crippen LogP contribution in [-0.4, -0.2) is 36.8 Å². The van der Waals surface area contributed by atoms with Gasteiger partial charge in [-0.15, -0.1) is 0 Å². The molecule has 0 amide bonds. The molecule has 0 aliphatic carbocycles. The van der Waals surface area contributed by atoms with Crippen molar-refractivity contribution in [3.63, 3.8) is 0 Å². The van der Waals surface area contributed by atoms with Crippen molar-refractivity contribution in [3.8, 4) is 0 Å². The molecule has 1 aromatic rings. The Morgan fingerprint density at radius 3 is 2.45 bits per heavy atom. The Morgan fingerprint density at radius 1 is 1.25 bits per heavy atom. The summed E-state index contributed by atoms with van der Waals surface area (Å²) in [5.41, 5.74) is 1.26. The zero-order valence-corrected chi connectivity index (χ0v) is 11.3. The molecule has 0 atom stereocenters. The Balaban J connectivity index is 1.85. The molecule has 1 heterocycles. The third-order valence-corrected chi connectivity index (χ3v) is 3.47. The summed E-state index contributed by atoms with van der Waals surface area (Å²) in [6, 6.07) is 4.95. The molecule has 2 rings (SSSR count). The number of benzene rings is 1. The van der Waals surface area contributed by atoms with Gasteiger partial charge in [0.1, 0.15) is 5.82 Å². The minimum atomic E-state index is -4.15. The van der Waals surface area contributed by atoms with Gasteiger partial charge in [0.05, 0.1) is 12.2 Å². The summed E-state index contributed by atoms with van der Waals surface area (Å²) in [5.74, 6) is -0.317. The molecule has 1 aliphatic heterocycles. The zero-order chi connectivity index (χ0) is 14.8. The Bertz CT molecular complexity index is 451. The molecule has 1 aromatic carbocycles. The molecule has 0 bridgehead atoms. The molecule has 112 valence electrons. The number of aryl methyl sites for hydroxylation is 1. The van der Waals surface area contributed by atoms with Crippen LogP contribution in [0.25, 0.3) is 0 Å². The molecule has 0 aromatic heterocycles. The van der Waals surface area contributed by atoms with E-state index >= 15 is 0 Å². The molecule has 1 fully saturated rings. The van der Waals surface area contributed by atoms with E-state index in [9.17, 15) is 17.6 Å². The van der Waals surface area contributed by atoms with Gasteiger partial charge in [-0.05, 0) is 37.5 Å². The zero-order valence-electron chi connectivity index (χ0n) is 11.3. The van der Waals surface area contributed by atoms with E-state index in [-0.39, 0.29) is 11.9 Å². The number of alkyl halides is 3. The quantitative estimate of drug-likeness (QED) is 0.856. The predicted molar refractivity (Wildman–Crippen MR) is 70.3 cm³/mol. The highest BCUT2D eigenvalue weighted by atomic mass is 19.4. The fraction of sp³-hybridized carbons (Fsp3) is 0.571. The van der Waals surface area contributed by atoms with Crippen molar-refractivity contribution >= 4 is 5.69 Å². The van der Waals surface area contributed by atoms with Crippen LogP contribution in [0.2, 0.25) is 0 Å². The molecule has 0 saturated carbocycles. The van der Waals surface area contributed by atoms with Crippen molar-refractivity contribution in [2.45, 2.75) is 32.0 Å². The van der Waals surface area contributed by atoms with Gasteiger partial charge in [-0.25, -0.2) is 4.39 Å². The first-order valence-corrected chi connectivity index (χ1v) is 6.65.